The highest BCUT2D eigenvalue weighted by Crippen LogP contribution is 2.21. The smallest absolute Gasteiger partial charge is 0.0931 e. The molecule has 0 aliphatic heterocycles. The summed E-state index contributed by atoms with van der Waals surface area (Å²) < 4.78 is 2.86. The van der Waals surface area contributed by atoms with E-state index in [9.17, 15) is 0 Å². The van der Waals surface area contributed by atoms with Crippen LogP contribution in [0.3, 0.4) is 0 Å². The van der Waals surface area contributed by atoms with Crippen LogP contribution in [0.5, 0.6) is 0 Å². The number of thiophene rings is 1. The van der Waals surface area contributed by atoms with Gasteiger partial charge in [-0.15, -0.1) is 11.3 Å². The first-order valence-electron chi connectivity index (χ1n) is 4.91. The zero-order chi connectivity index (χ0) is 11.5. The second-order valence-corrected chi connectivity index (χ2v) is 5.81. The van der Waals surface area contributed by atoms with Crippen molar-refractivity contribution in [2.24, 2.45) is 7.05 Å². The average molecular weight is 275 g/mol. The maximum atomic E-state index is 5.90. The molecule has 16 heavy (non-hydrogen) atoms. The van der Waals surface area contributed by atoms with Gasteiger partial charge < -0.3 is 9.88 Å². The van der Waals surface area contributed by atoms with Crippen molar-refractivity contribution < 1.29 is 0 Å². The number of aryl methyl sites for hydroxylation is 1. The van der Waals surface area contributed by atoms with Gasteiger partial charge in [0.1, 0.15) is 0 Å². The highest BCUT2D eigenvalue weighted by atomic mass is 35.5. The third kappa shape index (κ3) is 3.01. The molecule has 0 saturated carbocycles. The van der Waals surface area contributed by atoms with E-state index in [0.29, 0.717) is 0 Å². The average Bonchev–Trinajstić information content (AvgIpc) is 2.74. The quantitative estimate of drug-likeness (QED) is 0.900. The van der Waals surface area contributed by atoms with E-state index in [1.54, 1.807) is 11.3 Å². The molecule has 0 aromatic carbocycles. The largest absolute Gasteiger partial charge is 0.352 e. The number of nitrogens with zero attached hydrogens (tertiary/aromatic N) is 1. The Labute approximate surface area is 109 Å². The Kier molecular flexibility index (Phi) is 3.92. The van der Waals surface area contributed by atoms with Crippen molar-refractivity contribution in [3.63, 3.8) is 0 Å². The first-order chi connectivity index (χ1) is 7.65. The van der Waals surface area contributed by atoms with Gasteiger partial charge in [-0.1, -0.05) is 23.2 Å². The first-order valence-corrected chi connectivity index (χ1v) is 6.48. The maximum Gasteiger partial charge on any atom is 0.0931 e. The SMILES string of the molecule is Cn1cc(Cl)cc1CNCc1ccc(Cl)s1. The van der Waals surface area contributed by atoms with Gasteiger partial charge in [-0.25, -0.2) is 0 Å². The second-order valence-electron chi connectivity index (χ2n) is 3.57. The predicted octanol–water partition coefficient (Wildman–Crippen LogP) is 3.68. The standard InChI is InChI=1S/C11H12Cl2N2S/c1-15-7-8(12)4-9(15)5-14-6-10-2-3-11(13)16-10/h2-4,7,14H,5-6H2,1H3. The zero-order valence-corrected chi connectivity index (χ0v) is 11.2. The summed E-state index contributed by atoms with van der Waals surface area (Å²) in [6.07, 6.45) is 1.90. The first kappa shape index (κ1) is 12.0. The summed E-state index contributed by atoms with van der Waals surface area (Å²) >= 11 is 13.4. The molecular weight excluding hydrogens is 263 g/mol. The monoisotopic (exact) mass is 274 g/mol. The van der Waals surface area contributed by atoms with Gasteiger partial charge in [0.25, 0.3) is 0 Å². The van der Waals surface area contributed by atoms with E-state index in [4.69, 9.17) is 23.2 Å². The fourth-order valence-corrected chi connectivity index (χ4v) is 2.83. The number of rotatable bonds is 4. The molecule has 0 spiro atoms. The lowest BCUT2D eigenvalue weighted by atomic mass is 10.4. The van der Waals surface area contributed by atoms with Crippen molar-refractivity contribution in [1.82, 2.24) is 9.88 Å². The molecule has 0 unspecified atom stereocenters. The van der Waals surface area contributed by atoms with E-state index in [1.165, 1.54) is 10.6 Å². The lowest BCUT2D eigenvalue weighted by Gasteiger charge is -2.04. The molecule has 0 saturated heterocycles. The Balaban J connectivity index is 1.86. The molecule has 2 nitrogen and oxygen atoms in total. The molecule has 0 aliphatic carbocycles. The van der Waals surface area contributed by atoms with E-state index in [-0.39, 0.29) is 0 Å². The number of halogens is 2. The van der Waals surface area contributed by atoms with Gasteiger partial charge >= 0.3 is 0 Å². The van der Waals surface area contributed by atoms with Crippen molar-refractivity contribution in [3.05, 3.63) is 44.3 Å². The topological polar surface area (TPSA) is 17.0 Å². The minimum atomic E-state index is 0.776. The molecule has 0 amide bonds. The van der Waals surface area contributed by atoms with E-state index in [1.807, 2.05) is 36.0 Å². The van der Waals surface area contributed by atoms with Gasteiger partial charge in [0.2, 0.25) is 0 Å². The van der Waals surface area contributed by atoms with Gasteiger partial charge in [0, 0.05) is 36.9 Å². The highest BCUT2D eigenvalue weighted by molar-refractivity contribution is 7.16. The van der Waals surface area contributed by atoms with Crippen LogP contribution in [0.2, 0.25) is 9.36 Å². The fraction of sp³-hybridized carbons (Fsp3) is 0.273. The molecule has 2 rings (SSSR count). The van der Waals surface area contributed by atoms with Crippen molar-refractivity contribution >= 4 is 34.5 Å². The maximum absolute atomic E-state index is 5.90. The van der Waals surface area contributed by atoms with E-state index >= 15 is 0 Å². The molecule has 0 fully saturated rings. The van der Waals surface area contributed by atoms with Crippen LogP contribution in [0.1, 0.15) is 10.6 Å². The Hall–Kier alpha value is -0.480. The summed E-state index contributed by atoms with van der Waals surface area (Å²) in [5.41, 5.74) is 1.17. The van der Waals surface area contributed by atoms with Gasteiger partial charge in [-0.05, 0) is 18.2 Å². The highest BCUT2D eigenvalue weighted by Gasteiger charge is 2.02. The van der Waals surface area contributed by atoms with Crippen LogP contribution in [0.15, 0.2) is 24.4 Å². The van der Waals surface area contributed by atoms with Crippen LogP contribution >= 0.6 is 34.5 Å². The Morgan fingerprint density at radius 3 is 2.69 bits per heavy atom. The molecule has 86 valence electrons. The van der Waals surface area contributed by atoms with Gasteiger partial charge in [-0.3, -0.25) is 0 Å². The van der Waals surface area contributed by atoms with Crippen LogP contribution in [0, 0.1) is 0 Å². The van der Waals surface area contributed by atoms with Gasteiger partial charge in [0.05, 0.1) is 9.36 Å². The molecule has 2 heterocycles. The number of hydrogen-bond acceptors (Lipinski definition) is 2. The minimum absolute atomic E-state index is 0.776. The van der Waals surface area contributed by atoms with Crippen molar-refractivity contribution in [2.75, 3.05) is 0 Å². The van der Waals surface area contributed by atoms with Gasteiger partial charge in [0.15, 0.2) is 0 Å². The van der Waals surface area contributed by atoms with Crippen molar-refractivity contribution in [1.29, 1.82) is 0 Å². The Morgan fingerprint density at radius 2 is 2.12 bits per heavy atom. The molecule has 2 aromatic rings. The summed E-state index contributed by atoms with van der Waals surface area (Å²) in [4.78, 5) is 1.24. The van der Waals surface area contributed by atoms with Crippen LogP contribution in [0.25, 0.3) is 0 Å². The Bertz CT molecular complexity index is 476. The van der Waals surface area contributed by atoms with Crippen molar-refractivity contribution in [3.8, 4) is 0 Å². The van der Waals surface area contributed by atoms with Crippen LogP contribution in [0.4, 0.5) is 0 Å². The zero-order valence-electron chi connectivity index (χ0n) is 8.84. The van der Waals surface area contributed by atoms with Crippen LogP contribution in [-0.2, 0) is 20.1 Å². The van der Waals surface area contributed by atoms with Crippen LogP contribution in [-0.4, -0.2) is 4.57 Å². The molecular formula is C11H12Cl2N2S. The third-order valence-electron chi connectivity index (χ3n) is 2.31. The predicted molar refractivity (Wildman–Crippen MR) is 70.3 cm³/mol. The summed E-state index contributed by atoms with van der Waals surface area (Å²) in [7, 11) is 1.99. The van der Waals surface area contributed by atoms with E-state index < -0.39 is 0 Å². The van der Waals surface area contributed by atoms with Crippen molar-refractivity contribution in [2.45, 2.75) is 13.1 Å². The normalized spacial score (nSPS) is 10.9. The lowest BCUT2D eigenvalue weighted by Crippen LogP contribution is -2.13. The summed E-state index contributed by atoms with van der Waals surface area (Å²) in [6.45, 7) is 1.64. The third-order valence-corrected chi connectivity index (χ3v) is 3.75. The molecule has 5 heteroatoms. The van der Waals surface area contributed by atoms with E-state index in [0.717, 1.165) is 22.4 Å². The number of aromatic nitrogens is 1. The molecule has 2 aromatic heterocycles. The van der Waals surface area contributed by atoms with Crippen LogP contribution < -0.4 is 5.32 Å². The molecule has 0 aliphatic rings. The number of hydrogen-bond donors (Lipinski definition) is 1. The summed E-state index contributed by atoms with van der Waals surface area (Å²) in [5, 5.41) is 4.13. The van der Waals surface area contributed by atoms with Gasteiger partial charge in [-0.2, -0.15) is 0 Å². The summed E-state index contributed by atoms with van der Waals surface area (Å²) in [5.74, 6) is 0. The fourth-order valence-electron chi connectivity index (χ4n) is 1.50. The lowest BCUT2D eigenvalue weighted by molar-refractivity contribution is 0.660. The molecule has 0 bridgehead atoms. The Morgan fingerprint density at radius 1 is 1.31 bits per heavy atom. The summed E-state index contributed by atoms with van der Waals surface area (Å²) in [6, 6.07) is 5.93. The van der Waals surface area contributed by atoms with E-state index in [2.05, 4.69) is 5.32 Å². The molecule has 1 N–H and O–H groups in total. The molecule has 0 radical (unpaired) electrons. The second kappa shape index (κ2) is 5.23. The molecule has 0 atom stereocenters. The minimum Gasteiger partial charge on any atom is -0.352 e. The number of nitrogens with one attached hydrogen (secondary N) is 1.